The van der Waals surface area contributed by atoms with Gasteiger partial charge in [-0.3, -0.25) is 0 Å². The van der Waals surface area contributed by atoms with Crippen LogP contribution >= 0.6 is 0 Å². The fourth-order valence-electron chi connectivity index (χ4n) is 3.13. The molecule has 3 nitrogen and oxygen atoms in total. The first-order valence-corrected chi connectivity index (χ1v) is 7.44. The van der Waals surface area contributed by atoms with Gasteiger partial charge in [-0.2, -0.15) is 0 Å². The topological polar surface area (TPSA) is 35.5 Å². The summed E-state index contributed by atoms with van der Waals surface area (Å²) in [5.74, 6) is 0. The van der Waals surface area contributed by atoms with Crippen molar-refractivity contribution in [3.63, 3.8) is 0 Å². The molecule has 0 aromatic rings. The molecule has 1 saturated heterocycles. The fraction of sp³-hybridized carbons (Fsp3) is 1.00. The Kier molecular flexibility index (Phi) is 5.26. The smallest absolute Gasteiger partial charge is 0.0771 e. The molecule has 0 aromatic carbocycles. The minimum Gasteiger partial charge on any atom is -0.389 e. The summed E-state index contributed by atoms with van der Waals surface area (Å²) in [6.45, 7) is 5.51. The van der Waals surface area contributed by atoms with Crippen LogP contribution in [0.2, 0.25) is 0 Å². The lowest BCUT2D eigenvalue weighted by Gasteiger charge is -2.27. The highest BCUT2D eigenvalue weighted by Crippen LogP contribution is 2.26. The van der Waals surface area contributed by atoms with E-state index in [4.69, 9.17) is 0 Å². The second kappa shape index (κ2) is 6.72. The van der Waals surface area contributed by atoms with Crippen molar-refractivity contribution >= 4 is 0 Å². The van der Waals surface area contributed by atoms with Crippen LogP contribution in [0.25, 0.3) is 0 Å². The van der Waals surface area contributed by atoms with Gasteiger partial charge in [0.1, 0.15) is 0 Å². The number of nitrogens with zero attached hydrogens (tertiary/aromatic N) is 1. The van der Waals surface area contributed by atoms with Crippen molar-refractivity contribution in [3.8, 4) is 0 Å². The molecule has 0 bridgehead atoms. The summed E-state index contributed by atoms with van der Waals surface area (Å²) in [6.07, 6.45) is 9.71. The molecule has 0 radical (unpaired) electrons. The second-order valence-corrected chi connectivity index (χ2v) is 5.86. The van der Waals surface area contributed by atoms with Crippen molar-refractivity contribution in [2.45, 2.75) is 57.0 Å². The highest BCUT2D eigenvalue weighted by atomic mass is 16.3. The first-order chi connectivity index (χ1) is 8.29. The van der Waals surface area contributed by atoms with E-state index in [9.17, 15) is 5.11 Å². The average molecular weight is 240 g/mol. The summed E-state index contributed by atoms with van der Waals surface area (Å²) in [5.41, 5.74) is -0.415. The van der Waals surface area contributed by atoms with Gasteiger partial charge in [-0.25, -0.2) is 0 Å². The third-order valence-electron chi connectivity index (χ3n) is 4.29. The molecule has 1 heterocycles. The Morgan fingerprint density at radius 3 is 2.24 bits per heavy atom. The maximum absolute atomic E-state index is 10.5. The third kappa shape index (κ3) is 4.57. The van der Waals surface area contributed by atoms with Gasteiger partial charge < -0.3 is 15.3 Å². The Morgan fingerprint density at radius 2 is 1.59 bits per heavy atom. The van der Waals surface area contributed by atoms with Crippen molar-refractivity contribution in [1.82, 2.24) is 10.2 Å². The summed E-state index contributed by atoms with van der Waals surface area (Å²) >= 11 is 0. The number of hydrogen-bond acceptors (Lipinski definition) is 3. The number of rotatable bonds is 5. The SMILES string of the molecule is OC1(CNCCN2CCCC2)CCCCCC1. The molecule has 2 N–H and O–H groups in total. The first kappa shape index (κ1) is 13.3. The summed E-state index contributed by atoms with van der Waals surface area (Å²) in [6, 6.07) is 0. The molecule has 0 atom stereocenters. The van der Waals surface area contributed by atoms with Gasteiger partial charge in [0.25, 0.3) is 0 Å². The van der Waals surface area contributed by atoms with Crippen LogP contribution in [0.4, 0.5) is 0 Å². The minimum atomic E-state index is -0.415. The molecule has 1 aliphatic carbocycles. The van der Waals surface area contributed by atoms with E-state index in [1.165, 1.54) is 51.6 Å². The molecular weight excluding hydrogens is 212 g/mol. The quantitative estimate of drug-likeness (QED) is 0.568. The molecule has 0 spiro atoms. The van der Waals surface area contributed by atoms with Crippen molar-refractivity contribution in [2.24, 2.45) is 0 Å². The van der Waals surface area contributed by atoms with Gasteiger partial charge in [0.05, 0.1) is 5.60 Å². The van der Waals surface area contributed by atoms with E-state index in [0.717, 1.165) is 32.5 Å². The molecule has 1 saturated carbocycles. The molecule has 1 aliphatic heterocycles. The van der Waals surface area contributed by atoms with Gasteiger partial charge in [-0.05, 0) is 38.8 Å². The molecule has 0 amide bonds. The zero-order valence-corrected chi connectivity index (χ0v) is 11.1. The van der Waals surface area contributed by atoms with E-state index in [-0.39, 0.29) is 0 Å². The Morgan fingerprint density at radius 1 is 0.941 bits per heavy atom. The Hall–Kier alpha value is -0.120. The molecule has 2 rings (SSSR count). The summed E-state index contributed by atoms with van der Waals surface area (Å²) in [7, 11) is 0. The van der Waals surface area contributed by atoms with Gasteiger partial charge in [-0.1, -0.05) is 25.7 Å². The molecule has 2 fully saturated rings. The van der Waals surface area contributed by atoms with E-state index in [1.54, 1.807) is 0 Å². The van der Waals surface area contributed by atoms with E-state index < -0.39 is 5.60 Å². The van der Waals surface area contributed by atoms with Crippen molar-refractivity contribution in [1.29, 1.82) is 0 Å². The molecule has 2 aliphatic rings. The minimum absolute atomic E-state index is 0.415. The Balaban J connectivity index is 1.59. The molecule has 17 heavy (non-hydrogen) atoms. The van der Waals surface area contributed by atoms with E-state index in [2.05, 4.69) is 10.2 Å². The normalized spacial score (nSPS) is 25.9. The Labute approximate surface area is 106 Å². The average Bonchev–Trinajstić information content (AvgIpc) is 2.74. The van der Waals surface area contributed by atoms with Gasteiger partial charge >= 0.3 is 0 Å². The van der Waals surface area contributed by atoms with E-state index >= 15 is 0 Å². The lowest BCUT2D eigenvalue weighted by atomic mass is 9.94. The second-order valence-electron chi connectivity index (χ2n) is 5.86. The molecular formula is C14H28N2O. The highest BCUT2D eigenvalue weighted by Gasteiger charge is 2.27. The predicted octanol–water partition coefficient (Wildman–Crippen LogP) is 1.76. The lowest BCUT2D eigenvalue weighted by Crippen LogP contribution is -2.42. The molecule has 100 valence electrons. The maximum atomic E-state index is 10.5. The summed E-state index contributed by atoms with van der Waals surface area (Å²) in [4.78, 5) is 2.52. The van der Waals surface area contributed by atoms with Crippen LogP contribution in [0.3, 0.4) is 0 Å². The van der Waals surface area contributed by atoms with Crippen LogP contribution in [-0.4, -0.2) is 48.3 Å². The van der Waals surface area contributed by atoms with Gasteiger partial charge in [0.2, 0.25) is 0 Å². The lowest BCUT2D eigenvalue weighted by molar-refractivity contribution is 0.0251. The van der Waals surface area contributed by atoms with Crippen LogP contribution in [0, 0.1) is 0 Å². The van der Waals surface area contributed by atoms with Crippen LogP contribution in [0.1, 0.15) is 51.4 Å². The van der Waals surface area contributed by atoms with Crippen LogP contribution < -0.4 is 5.32 Å². The molecule has 3 heteroatoms. The molecule has 0 unspecified atom stereocenters. The largest absolute Gasteiger partial charge is 0.389 e. The first-order valence-electron chi connectivity index (χ1n) is 7.44. The summed E-state index contributed by atoms with van der Waals surface area (Å²) in [5, 5.41) is 13.9. The number of aliphatic hydroxyl groups is 1. The van der Waals surface area contributed by atoms with Crippen molar-refractivity contribution in [3.05, 3.63) is 0 Å². The number of hydrogen-bond donors (Lipinski definition) is 2. The standard InChI is InChI=1S/C14H28N2O/c17-14(7-3-1-2-4-8-14)13-15-9-12-16-10-5-6-11-16/h15,17H,1-13H2. The van der Waals surface area contributed by atoms with Crippen molar-refractivity contribution in [2.75, 3.05) is 32.7 Å². The molecule has 0 aromatic heterocycles. The number of likely N-dealkylation sites (tertiary alicyclic amines) is 1. The zero-order chi connectivity index (χ0) is 12.0. The van der Waals surface area contributed by atoms with Gasteiger partial charge in [-0.15, -0.1) is 0 Å². The maximum Gasteiger partial charge on any atom is 0.0771 e. The van der Waals surface area contributed by atoms with Crippen LogP contribution in [0.15, 0.2) is 0 Å². The van der Waals surface area contributed by atoms with Crippen molar-refractivity contribution < 1.29 is 5.11 Å². The monoisotopic (exact) mass is 240 g/mol. The van der Waals surface area contributed by atoms with Gasteiger partial charge in [0.15, 0.2) is 0 Å². The predicted molar refractivity (Wildman–Crippen MR) is 71.2 cm³/mol. The fourth-order valence-corrected chi connectivity index (χ4v) is 3.13. The van der Waals surface area contributed by atoms with E-state index in [0.29, 0.717) is 0 Å². The Bertz CT molecular complexity index is 206. The summed E-state index contributed by atoms with van der Waals surface area (Å²) < 4.78 is 0. The van der Waals surface area contributed by atoms with Crippen LogP contribution in [0.5, 0.6) is 0 Å². The third-order valence-corrected chi connectivity index (χ3v) is 4.29. The van der Waals surface area contributed by atoms with E-state index in [1.807, 2.05) is 0 Å². The number of nitrogens with one attached hydrogen (secondary N) is 1. The van der Waals surface area contributed by atoms with Gasteiger partial charge in [0, 0.05) is 19.6 Å². The van der Waals surface area contributed by atoms with Crippen LogP contribution in [-0.2, 0) is 0 Å². The zero-order valence-electron chi connectivity index (χ0n) is 11.1. The highest BCUT2D eigenvalue weighted by molar-refractivity contribution is 4.83.